The Kier molecular flexibility index (Phi) is 4.12. The molecule has 0 aliphatic heterocycles. The molecular formula is C15H18N2O2. The lowest BCUT2D eigenvalue weighted by molar-refractivity contribution is 0.217. The normalized spacial score (nSPS) is 12.2. The molecule has 0 bridgehead atoms. The van der Waals surface area contributed by atoms with Gasteiger partial charge >= 0.3 is 0 Å². The highest BCUT2D eigenvalue weighted by Crippen LogP contribution is 2.27. The summed E-state index contributed by atoms with van der Waals surface area (Å²) < 4.78 is 5.18. The Bertz CT molecular complexity index is 570. The van der Waals surface area contributed by atoms with Crippen LogP contribution in [0.4, 0.5) is 0 Å². The Morgan fingerprint density at radius 2 is 2.05 bits per heavy atom. The van der Waals surface area contributed by atoms with Crippen molar-refractivity contribution in [3.05, 3.63) is 52.8 Å². The van der Waals surface area contributed by atoms with Gasteiger partial charge in [-0.25, -0.2) is 0 Å². The van der Waals surface area contributed by atoms with Gasteiger partial charge in [-0.3, -0.25) is 0 Å². The maximum atomic E-state index is 10.5. The van der Waals surface area contributed by atoms with Crippen molar-refractivity contribution < 1.29 is 9.84 Å². The lowest BCUT2D eigenvalue weighted by Crippen LogP contribution is -2.07. The number of methoxy groups -OCH3 is 1. The highest BCUT2D eigenvalue weighted by Gasteiger charge is 2.16. The Morgan fingerprint density at radius 3 is 2.74 bits per heavy atom. The molecular weight excluding hydrogens is 240 g/mol. The molecule has 1 aromatic heterocycles. The average molecular weight is 258 g/mol. The topological polar surface area (TPSA) is 55.2 Å². The van der Waals surface area contributed by atoms with Crippen LogP contribution in [0.1, 0.15) is 35.5 Å². The molecule has 100 valence electrons. The first-order valence-electron chi connectivity index (χ1n) is 6.30. The minimum atomic E-state index is -0.709. The van der Waals surface area contributed by atoms with Crippen LogP contribution >= 0.6 is 0 Å². The van der Waals surface area contributed by atoms with E-state index in [1.165, 1.54) is 0 Å². The number of hydrogen-bond acceptors (Lipinski definition) is 4. The van der Waals surface area contributed by atoms with E-state index in [2.05, 4.69) is 10.2 Å². The molecule has 4 heteroatoms. The first-order valence-corrected chi connectivity index (χ1v) is 6.30. The van der Waals surface area contributed by atoms with Crippen LogP contribution in [0.15, 0.2) is 30.3 Å². The van der Waals surface area contributed by atoms with Crippen molar-refractivity contribution in [2.24, 2.45) is 0 Å². The zero-order valence-corrected chi connectivity index (χ0v) is 11.4. The maximum Gasteiger partial charge on any atom is 0.119 e. The number of benzene rings is 1. The summed E-state index contributed by atoms with van der Waals surface area (Å²) in [6.07, 6.45) is 0.0307. The average Bonchev–Trinajstić information content (AvgIpc) is 2.46. The van der Waals surface area contributed by atoms with Crippen LogP contribution in [0.2, 0.25) is 0 Å². The number of nitrogens with zero attached hydrogens (tertiary/aromatic N) is 2. The van der Waals surface area contributed by atoms with Gasteiger partial charge in [0.2, 0.25) is 0 Å². The molecule has 0 saturated heterocycles. The Morgan fingerprint density at radius 1 is 1.26 bits per heavy atom. The number of ether oxygens (including phenoxy) is 1. The summed E-state index contributed by atoms with van der Waals surface area (Å²) in [6, 6.07) is 9.32. The van der Waals surface area contributed by atoms with Gasteiger partial charge in [0.05, 0.1) is 18.5 Å². The molecule has 0 saturated carbocycles. The van der Waals surface area contributed by atoms with E-state index in [0.29, 0.717) is 0 Å². The smallest absolute Gasteiger partial charge is 0.119 e. The zero-order chi connectivity index (χ0) is 13.8. The number of hydrogen-bond donors (Lipinski definition) is 1. The predicted octanol–water partition coefficient (Wildman–Crippen LogP) is 2.44. The van der Waals surface area contributed by atoms with Crippen molar-refractivity contribution >= 4 is 0 Å². The van der Waals surface area contributed by atoms with E-state index in [9.17, 15) is 5.11 Å². The lowest BCUT2D eigenvalue weighted by Gasteiger charge is -2.15. The third-order valence-electron chi connectivity index (χ3n) is 3.07. The molecule has 2 aromatic rings. The fourth-order valence-electron chi connectivity index (χ4n) is 2.04. The number of aliphatic hydroxyl groups is 1. The maximum absolute atomic E-state index is 10.5. The van der Waals surface area contributed by atoms with Crippen LogP contribution in [0.3, 0.4) is 0 Å². The second-order valence-electron chi connectivity index (χ2n) is 4.42. The molecule has 0 aliphatic rings. The van der Waals surface area contributed by atoms with E-state index < -0.39 is 6.10 Å². The zero-order valence-electron chi connectivity index (χ0n) is 11.4. The van der Waals surface area contributed by atoms with Gasteiger partial charge in [0, 0.05) is 5.56 Å². The highest BCUT2D eigenvalue weighted by atomic mass is 16.5. The van der Waals surface area contributed by atoms with Gasteiger partial charge < -0.3 is 9.84 Å². The third-order valence-corrected chi connectivity index (χ3v) is 3.07. The standard InChI is InChI=1S/C15H18N2O2/c1-4-14-13(8-10(2)16-17-14)15(18)11-6-5-7-12(9-11)19-3/h5-9,15,18H,4H2,1-3H3. The number of aliphatic hydroxyl groups excluding tert-OH is 1. The molecule has 4 nitrogen and oxygen atoms in total. The van der Waals surface area contributed by atoms with Crippen LogP contribution < -0.4 is 4.74 Å². The molecule has 1 atom stereocenters. The monoisotopic (exact) mass is 258 g/mol. The van der Waals surface area contributed by atoms with Crippen LogP contribution in [-0.4, -0.2) is 22.4 Å². The molecule has 1 aromatic carbocycles. The Labute approximate surface area is 113 Å². The van der Waals surface area contributed by atoms with E-state index in [-0.39, 0.29) is 0 Å². The summed E-state index contributed by atoms with van der Waals surface area (Å²) in [7, 11) is 1.61. The molecule has 1 heterocycles. The predicted molar refractivity (Wildman–Crippen MR) is 73.2 cm³/mol. The lowest BCUT2D eigenvalue weighted by atomic mass is 9.99. The molecule has 0 fully saturated rings. The minimum Gasteiger partial charge on any atom is -0.497 e. The second-order valence-corrected chi connectivity index (χ2v) is 4.42. The van der Waals surface area contributed by atoms with E-state index in [1.54, 1.807) is 7.11 Å². The fraction of sp³-hybridized carbons (Fsp3) is 0.333. The molecule has 0 spiro atoms. The van der Waals surface area contributed by atoms with E-state index in [4.69, 9.17) is 4.74 Å². The third kappa shape index (κ3) is 2.90. The van der Waals surface area contributed by atoms with Crippen molar-refractivity contribution in [3.63, 3.8) is 0 Å². The Hall–Kier alpha value is -1.94. The summed E-state index contributed by atoms with van der Waals surface area (Å²) in [6.45, 7) is 3.87. The first-order chi connectivity index (χ1) is 9.15. The summed E-state index contributed by atoms with van der Waals surface area (Å²) in [5, 5.41) is 18.7. The molecule has 19 heavy (non-hydrogen) atoms. The van der Waals surface area contributed by atoms with E-state index in [1.807, 2.05) is 44.2 Å². The van der Waals surface area contributed by atoms with Crippen molar-refractivity contribution in [3.8, 4) is 5.75 Å². The molecule has 0 amide bonds. The van der Waals surface area contributed by atoms with Gasteiger partial charge in [-0.15, -0.1) is 0 Å². The summed E-state index contributed by atoms with van der Waals surface area (Å²) >= 11 is 0. The number of rotatable bonds is 4. The molecule has 1 unspecified atom stereocenters. The van der Waals surface area contributed by atoms with Crippen molar-refractivity contribution in [1.29, 1.82) is 0 Å². The Balaban J connectivity index is 2.42. The van der Waals surface area contributed by atoms with Crippen molar-refractivity contribution in [1.82, 2.24) is 10.2 Å². The molecule has 0 aliphatic carbocycles. The summed E-state index contributed by atoms with van der Waals surface area (Å²) in [4.78, 5) is 0. The first kappa shape index (κ1) is 13.5. The van der Waals surface area contributed by atoms with Gasteiger partial charge in [0.1, 0.15) is 11.9 Å². The quantitative estimate of drug-likeness (QED) is 0.915. The number of aromatic nitrogens is 2. The van der Waals surface area contributed by atoms with Crippen molar-refractivity contribution in [2.75, 3.05) is 7.11 Å². The summed E-state index contributed by atoms with van der Waals surface area (Å²) in [5.74, 6) is 0.730. The van der Waals surface area contributed by atoms with Crippen molar-refractivity contribution in [2.45, 2.75) is 26.4 Å². The van der Waals surface area contributed by atoms with Crippen LogP contribution in [0, 0.1) is 6.92 Å². The van der Waals surface area contributed by atoms with Gasteiger partial charge in [-0.05, 0) is 37.1 Å². The minimum absolute atomic E-state index is 0.709. The van der Waals surface area contributed by atoms with Gasteiger partial charge in [-0.2, -0.15) is 10.2 Å². The number of aryl methyl sites for hydroxylation is 2. The fourth-order valence-corrected chi connectivity index (χ4v) is 2.04. The van der Waals surface area contributed by atoms with Crippen LogP contribution in [0.25, 0.3) is 0 Å². The van der Waals surface area contributed by atoms with Crippen LogP contribution in [-0.2, 0) is 6.42 Å². The van der Waals surface area contributed by atoms with Gasteiger partial charge in [-0.1, -0.05) is 19.1 Å². The molecule has 0 radical (unpaired) electrons. The van der Waals surface area contributed by atoms with E-state index in [0.717, 1.165) is 34.7 Å². The summed E-state index contributed by atoms with van der Waals surface area (Å²) in [5.41, 5.74) is 3.22. The second kappa shape index (κ2) is 5.80. The van der Waals surface area contributed by atoms with E-state index >= 15 is 0 Å². The molecule has 1 N–H and O–H groups in total. The van der Waals surface area contributed by atoms with Gasteiger partial charge in [0.25, 0.3) is 0 Å². The SMILES string of the molecule is CCc1nnc(C)cc1C(O)c1cccc(OC)c1. The molecule has 2 rings (SSSR count). The largest absolute Gasteiger partial charge is 0.497 e. The highest BCUT2D eigenvalue weighted by molar-refractivity contribution is 5.37. The van der Waals surface area contributed by atoms with Gasteiger partial charge in [0.15, 0.2) is 0 Å². The van der Waals surface area contributed by atoms with Crippen LogP contribution in [0.5, 0.6) is 5.75 Å².